The van der Waals surface area contributed by atoms with Crippen LogP contribution < -0.4 is 21.9 Å². The Morgan fingerprint density at radius 1 is 1.05 bits per heavy atom. The summed E-state index contributed by atoms with van der Waals surface area (Å²) in [4.78, 5) is 11.7. The molecule has 20 heavy (non-hydrogen) atoms. The van der Waals surface area contributed by atoms with Gasteiger partial charge in [0.2, 0.25) is 5.96 Å². The summed E-state index contributed by atoms with van der Waals surface area (Å²) in [5, 5.41) is 0. The highest BCUT2D eigenvalue weighted by Gasteiger charge is 2.04. The molecule has 0 bridgehead atoms. The number of ether oxygens (including phenoxy) is 1. The van der Waals surface area contributed by atoms with Crippen molar-refractivity contribution in [2.75, 3.05) is 0 Å². The maximum Gasteiger partial charge on any atom is 0.223 e. The van der Waals surface area contributed by atoms with Gasteiger partial charge in [0, 0.05) is 6.20 Å². The molecule has 0 fully saturated rings. The van der Waals surface area contributed by atoms with E-state index in [0.29, 0.717) is 17.2 Å². The van der Waals surface area contributed by atoms with E-state index >= 15 is 0 Å². The molecule has 0 aliphatic rings. The van der Waals surface area contributed by atoms with Gasteiger partial charge in [-0.3, -0.25) is 4.98 Å². The quantitative estimate of drug-likeness (QED) is 0.568. The maximum absolute atomic E-state index is 5.68. The van der Waals surface area contributed by atoms with E-state index in [9.17, 15) is 0 Å². The first-order valence-corrected chi connectivity index (χ1v) is 5.76. The van der Waals surface area contributed by atoms with Gasteiger partial charge in [0.15, 0.2) is 11.7 Å². The van der Waals surface area contributed by atoms with Crippen LogP contribution in [0.4, 0.5) is 5.69 Å². The summed E-state index contributed by atoms with van der Waals surface area (Å²) in [6.45, 7) is 0. The van der Waals surface area contributed by atoms with E-state index in [1.54, 1.807) is 42.7 Å². The molecule has 0 saturated heterocycles. The number of hydrogen-bond donors (Lipinski definition) is 3. The fourth-order valence-electron chi connectivity index (χ4n) is 1.45. The lowest BCUT2D eigenvalue weighted by Crippen LogP contribution is -2.26. The van der Waals surface area contributed by atoms with Crippen LogP contribution in [-0.4, -0.2) is 16.9 Å². The van der Waals surface area contributed by atoms with Gasteiger partial charge in [0.1, 0.15) is 11.4 Å². The molecule has 0 spiro atoms. The molecule has 0 unspecified atom stereocenters. The van der Waals surface area contributed by atoms with Crippen molar-refractivity contribution in [2.45, 2.75) is 0 Å². The number of para-hydroxylation sites is 2. The molecule has 1 aromatic carbocycles. The van der Waals surface area contributed by atoms with Crippen LogP contribution in [0, 0.1) is 0 Å². The van der Waals surface area contributed by atoms with Crippen molar-refractivity contribution in [2.24, 2.45) is 27.2 Å². The van der Waals surface area contributed by atoms with Gasteiger partial charge in [0.25, 0.3) is 0 Å². The van der Waals surface area contributed by atoms with Gasteiger partial charge in [0.05, 0.1) is 6.20 Å². The van der Waals surface area contributed by atoms with Crippen molar-refractivity contribution < 1.29 is 4.74 Å². The zero-order valence-electron chi connectivity index (χ0n) is 10.6. The number of hydrogen-bond acceptors (Lipinski definition) is 3. The van der Waals surface area contributed by atoms with Crippen molar-refractivity contribution in [3.8, 4) is 11.5 Å². The van der Waals surface area contributed by atoms with E-state index in [-0.39, 0.29) is 11.9 Å². The fourth-order valence-corrected chi connectivity index (χ4v) is 1.45. The third kappa shape index (κ3) is 3.70. The first-order valence-electron chi connectivity index (χ1n) is 5.76. The summed E-state index contributed by atoms with van der Waals surface area (Å²) in [5.74, 6) is 0.911. The normalized spacial score (nSPS) is 10.9. The molecule has 0 amide bonds. The van der Waals surface area contributed by atoms with Gasteiger partial charge in [-0.05, 0) is 24.3 Å². The second kappa shape index (κ2) is 6.19. The molecule has 1 aromatic heterocycles. The van der Waals surface area contributed by atoms with E-state index in [0.717, 1.165) is 0 Å². The summed E-state index contributed by atoms with van der Waals surface area (Å²) in [6.07, 6.45) is 3.26. The predicted octanol–water partition coefficient (Wildman–Crippen LogP) is 1.09. The van der Waals surface area contributed by atoms with Crippen LogP contribution >= 0.6 is 0 Å². The first kappa shape index (κ1) is 13.3. The van der Waals surface area contributed by atoms with Crippen LogP contribution in [0.2, 0.25) is 0 Å². The Bertz CT molecular complexity index is 634. The lowest BCUT2D eigenvalue weighted by molar-refractivity contribution is 0.481. The first-order chi connectivity index (χ1) is 9.65. The molecule has 0 radical (unpaired) electrons. The predicted molar refractivity (Wildman–Crippen MR) is 77.8 cm³/mol. The lowest BCUT2D eigenvalue weighted by atomic mass is 10.3. The largest absolute Gasteiger partial charge is 0.453 e. The zero-order valence-corrected chi connectivity index (χ0v) is 10.6. The molecular formula is C13H14N6O. The molecule has 6 N–H and O–H groups in total. The Kier molecular flexibility index (Phi) is 4.13. The molecule has 102 valence electrons. The SMILES string of the molecule is NC(N)=NC(N)=Nc1ccccc1Oc1cccnc1. The number of rotatable bonds is 3. The Morgan fingerprint density at radius 3 is 2.55 bits per heavy atom. The summed E-state index contributed by atoms with van der Waals surface area (Å²) >= 11 is 0. The fraction of sp³-hybridized carbons (Fsp3) is 0. The number of aliphatic imine (C=N–C) groups is 2. The molecule has 0 aliphatic carbocycles. The average molecular weight is 270 g/mol. The molecule has 2 rings (SSSR count). The van der Waals surface area contributed by atoms with Gasteiger partial charge in [-0.25, -0.2) is 4.99 Å². The van der Waals surface area contributed by atoms with Gasteiger partial charge in [-0.15, -0.1) is 0 Å². The minimum absolute atomic E-state index is 0.0489. The Hall–Kier alpha value is -3.09. The number of pyridine rings is 1. The van der Waals surface area contributed by atoms with Crippen LogP contribution in [0.5, 0.6) is 11.5 Å². The van der Waals surface area contributed by atoms with Crippen LogP contribution in [0.15, 0.2) is 58.8 Å². The summed E-state index contributed by atoms with van der Waals surface area (Å²) in [5.41, 5.74) is 16.6. The number of nitrogens with zero attached hydrogens (tertiary/aromatic N) is 3. The topological polar surface area (TPSA) is 125 Å². The smallest absolute Gasteiger partial charge is 0.223 e. The van der Waals surface area contributed by atoms with Crippen LogP contribution in [0.3, 0.4) is 0 Å². The molecular weight excluding hydrogens is 256 g/mol. The molecule has 7 nitrogen and oxygen atoms in total. The monoisotopic (exact) mass is 270 g/mol. The van der Waals surface area contributed by atoms with E-state index in [2.05, 4.69) is 15.0 Å². The highest BCUT2D eigenvalue weighted by Crippen LogP contribution is 2.30. The summed E-state index contributed by atoms with van der Waals surface area (Å²) in [7, 11) is 0. The summed E-state index contributed by atoms with van der Waals surface area (Å²) < 4.78 is 5.68. The minimum atomic E-state index is -0.156. The van der Waals surface area contributed by atoms with Gasteiger partial charge in [-0.1, -0.05) is 12.1 Å². The van der Waals surface area contributed by atoms with E-state index in [1.807, 2.05) is 6.07 Å². The van der Waals surface area contributed by atoms with Crippen molar-refractivity contribution in [1.29, 1.82) is 0 Å². The van der Waals surface area contributed by atoms with Gasteiger partial charge >= 0.3 is 0 Å². The third-order valence-electron chi connectivity index (χ3n) is 2.21. The highest BCUT2D eigenvalue weighted by molar-refractivity contribution is 5.93. The molecule has 1 heterocycles. The second-order valence-electron chi connectivity index (χ2n) is 3.77. The molecule has 0 saturated carbocycles. The van der Waals surface area contributed by atoms with Gasteiger partial charge in [-0.2, -0.15) is 4.99 Å². The van der Waals surface area contributed by atoms with Crippen molar-refractivity contribution >= 4 is 17.6 Å². The van der Waals surface area contributed by atoms with Crippen molar-refractivity contribution in [1.82, 2.24) is 4.98 Å². The van der Waals surface area contributed by atoms with E-state index in [4.69, 9.17) is 21.9 Å². The molecule has 0 atom stereocenters. The minimum Gasteiger partial charge on any atom is -0.453 e. The number of guanidine groups is 2. The van der Waals surface area contributed by atoms with Crippen LogP contribution in [0.25, 0.3) is 0 Å². The Morgan fingerprint density at radius 2 is 1.85 bits per heavy atom. The zero-order chi connectivity index (χ0) is 14.4. The Labute approximate surface area is 115 Å². The van der Waals surface area contributed by atoms with Crippen molar-refractivity contribution in [3.63, 3.8) is 0 Å². The molecule has 0 aliphatic heterocycles. The van der Waals surface area contributed by atoms with E-state index in [1.165, 1.54) is 0 Å². The number of aromatic nitrogens is 1. The molecule has 2 aromatic rings. The lowest BCUT2D eigenvalue weighted by Gasteiger charge is -2.07. The van der Waals surface area contributed by atoms with E-state index < -0.39 is 0 Å². The standard InChI is InChI=1S/C13H14N6O/c14-12(15)19-13(16)18-10-5-1-2-6-11(10)20-9-4-3-7-17-8-9/h1-8H,(H6,14,15,16,18,19). The summed E-state index contributed by atoms with van der Waals surface area (Å²) in [6, 6.07) is 10.7. The number of nitrogens with two attached hydrogens (primary N) is 3. The number of benzene rings is 1. The van der Waals surface area contributed by atoms with Crippen LogP contribution in [0.1, 0.15) is 0 Å². The average Bonchev–Trinajstić information content (AvgIpc) is 2.41. The van der Waals surface area contributed by atoms with Crippen LogP contribution in [-0.2, 0) is 0 Å². The van der Waals surface area contributed by atoms with Crippen molar-refractivity contribution in [3.05, 3.63) is 48.8 Å². The second-order valence-corrected chi connectivity index (χ2v) is 3.77. The van der Waals surface area contributed by atoms with Gasteiger partial charge < -0.3 is 21.9 Å². The Balaban J connectivity index is 2.29. The maximum atomic E-state index is 5.68. The highest BCUT2D eigenvalue weighted by atomic mass is 16.5. The third-order valence-corrected chi connectivity index (χ3v) is 2.21. The molecule has 7 heteroatoms.